The number of hydrogen-bond acceptors (Lipinski definition) is 3. The maximum atomic E-state index is 13.2. The van der Waals surface area contributed by atoms with Crippen molar-refractivity contribution in [2.24, 2.45) is 4.99 Å². The molecule has 0 bridgehead atoms. The first-order valence-electron chi connectivity index (χ1n) is 8.25. The quantitative estimate of drug-likeness (QED) is 0.451. The van der Waals surface area contributed by atoms with Crippen LogP contribution in [-0.2, 0) is 24.7 Å². The molecule has 0 saturated heterocycles. The van der Waals surface area contributed by atoms with Crippen LogP contribution in [0, 0.1) is 5.82 Å². The van der Waals surface area contributed by atoms with Gasteiger partial charge in [-0.1, -0.05) is 26.8 Å². The summed E-state index contributed by atoms with van der Waals surface area (Å²) in [6.07, 6.45) is -4.62. The molecular weight excluding hydrogens is 380 g/mol. The fourth-order valence-corrected chi connectivity index (χ4v) is 3.18. The Bertz CT molecular complexity index is 806. The number of halogens is 4. The van der Waals surface area contributed by atoms with Crippen molar-refractivity contribution in [3.8, 4) is 0 Å². The van der Waals surface area contributed by atoms with Crippen molar-refractivity contribution in [1.82, 2.24) is 15.6 Å². The van der Waals surface area contributed by atoms with Crippen molar-refractivity contribution in [2.75, 3.05) is 7.05 Å². The van der Waals surface area contributed by atoms with Crippen LogP contribution in [0.5, 0.6) is 0 Å². The van der Waals surface area contributed by atoms with Gasteiger partial charge in [0.2, 0.25) is 0 Å². The van der Waals surface area contributed by atoms with Crippen LogP contribution >= 0.6 is 11.3 Å². The summed E-state index contributed by atoms with van der Waals surface area (Å²) in [5.41, 5.74) is -0.277. The van der Waals surface area contributed by atoms with Gasteiger partial charge in [-0.05, 0) is 17.7 Å². The zero-order valence-electron chi connectivity index (χ0n) is 15.5. The second-order valence-electron chi connectivity index (χ2n) is 6.97. The summed E-state index contributed by atoms with van der Waals surface area (Å²) in [5, 5.41) is 8.77. The smallest absolute Gasteiger partial charge is 0.352 e. The van der Waals surface area contributed by atoms with E-state index in [2.05, 4.69) is 41.4 Å². The van der Waals surface area contributed by atoms with Crippen molar-refractivity contribution in [1.29, 1.82) is 0 Å². The molecule has 2 aromatic rings. The van der Waals surface area contributed by atoms with Crippen LogP contribution in [0.25, 0.3) is 0 Å². The predicted molar refractivity (Wildman–Crippen MR) is 99.3 cm³/mol. The number of hydrogen-bond donors (Lipinski definition) is 2. The van der Waals surface area contributed by atoms with E-state index < -0.39 is 17.6 Å². The lowest BCUT2D eigenvalue weighted by Crippen LogP contribution is -2.36. The third-order valence-corrected chi connectivity index (χ3v) is 4.99. The third-order valence-electron chi connectivity index (χ3n) is 3.68. The van der Waals surface area contributed by atoms with Crippen LogP contribution in [0.3, 0.4) is 0 Å². The van der Waals surface area contributed by atoms with Crippen LogP contribution in [0.2, 0.25) is 0 Å². The van der Waals surface area contributed by atoms with E-state index in [9.17, 15) is 17.6 Å². The predicted octanol–water partition coefficient (Wildman–Crippen LogP) is 4.46. The monoisotopic (exact) mass is 402 g/mol. The second kappa shape index (κ2) is 8.24. The Morgan fingerprint density at radius 3 is 2.37 bits per heavy atom. The first-order chi connectivity index (χ1) is 12.5. The van der Waals surface area contributed by atoms with E-state index in [1.54, 1.807) is 11.3 Å². The van der Waals surface area contributed by atoms with E-state index in [1.165, 1.54) is 7.05 Å². The number of aromatic nitrogens is 1. The Balaban J connectivity index is 2.00. The number of rotatable bonds is 4. The molecule has 0 radical (unpaired) electrons. The molecule has 2 N–H and O–H groups in total. The molecule has 1 aromatic heterocycles. The molecule has 0 unspecified atom stereocenters. The number of nitrogens with zero attached hydrogens (tertiary/aromatic N) is 2. The molecule has 0 saturated carbocycles. The normalized spacial score (nSPS) is 13.0. The molecule has 0 aliphatic carbocycles. The van der Waals surface area contributed by atoms with E-state index in [1.807, 2.05) is 5.38 Å². The van der Waals surface area contributed by atoms with Crippen LogP contribution in [0.15, 0.2) is 28.6 Å². The summed E-state index contributed by atoms with van der Waals surface area (Å²) in [5.74, 6) is -0.593. The highest BCUT2D eigenvalue weighted by atomic mass is 32.1. The molecule has 0 atom stereocenters. The lowest BCUT2D eigenvalue weighted by atomic mass is 9.98. The topological polar surface area (TPSA) is 49.3 Å². The summed E-state index contributed by atoms with van der Waals surface area (Å²) >= 11 is 1.56. The van der Waals surface area contributed by atoms with Gasteiger partial charge in [-0.15, -0.1) is 11.3 Å². The van der Waals surface area contributed by atoms with Crippen LogP contribution in [0.4, 0.5) is 17.6 Å². The first-order valence-corrected chi connectivity index (χ1v) is 9.13. The molecular formula is C18H22F4N4S. The minimum absolute atomic E-state index is 0.0422. The Labute approximate surface area is 159 Å². The molecule has 4 nitrogen and oxygen atoms in total. The van der Waals surface area contributed by atoms with Crippen molar-refractivity contribution in [3.63, 3.8) is 0 Å². The van der Waals surface area contributed by atoms with Crippen LogP contribution < -0.4 is 10.6 Å². The Morgan fingerprint density at radius 1 is 1.15 bits per heavy atom. The van der Waals surface area contributed by atoms with Crippen LogP contribution in [0.1, 0.15) is 42.6 Å². The van der Waals surface area contributed by atoms with Gasteiger partial charge in [0.15, 0.2) is 5.96 Å². The number of nitrogens with one attached hydrogen (secondary N) is 2. The Hall–Kier alpha value is -2.16. The van der Waals surface area contributed by atoms with Gasteiger partial charge in [0.1, 0.15) is 5.82 Å². The maximum absolute atomic E-state index is 13.2. The average Bonchev–Trinajstić information content (AvgIpc) is 3.04. The summed E-state index contributed by atoms with van der Waals surface area (Å²) in [4.78, 5) is 8.54. The Morgan fingerprint density at radius 2 is 1.81 bits per heavy atom. The maximum Gasteiger partial charge on any atom is 0.416 e. The molecule has 0 amide bonds. The Kier molecular flexibility index (Phi) is 6.46. The third kappa shape index (κ3) is 5.92. The van der Waals surface area contributed by atoms with E-state index in [0.717, 1.165) is 22.8 Å². The average molecular weight is 402 g/mol. The number of guanidine groups is 1. The van der Waals surface area contributed by atoms with Gasteiger partial charge in [0.25, 0.3) is 0 Å². The van der Waals surface area contributed by atoms with Crippen molar-refractivity contribution < 1.29 is 17.6 Å². The number of thiazole rings is 1. The molecule has 27 heavy (non-hydrogen) atoms. The minimum atomic E-state index is -4.62. The molecule has 0 aliphatic rings. The fourth-order valence-electron chi connectivity index (χ4n) is 2.27. The van der Waals surface area contributed by atoms with Crippen molar-refractivity contribution >= 4 is 17.3 Å². The minimum Gasteiger partial charge on any atom is -0.352 e. The zero-order valence-corrected chi connectivity index (χ0v) is 16.4. The molecule has 9 heteroatoms. The van der Waals surface area contributed by atoms with E-state index in [0.29, 0.717) is 18.6 Å². The molecule has 1 aromatic carbocycles. The van der Waals surface area contributed by atoms with Crippen molar-refractivity contribution in [2.45, 2.75) is 45.5 Å². The summed E-state index contributed by atoms with van der Waals surface area (Å²) in [6, 6.07) is 2.62. The van der Waals surface area contributed by atoms with Gasteiger partial charge in [0, 0.05) is 24.4 Å². The van der Waals surface area contributed by atoms with Gasteiger partial charge in [-0.3, -0.25) is 4.99 Å². The SMILES string of the molecule is CN=C(NCc1csc(C(C)(C)C)n1)NCc1ccc(F)cc1C(F)(F)F. The van der Waals surface area contributed by atoms with Crippen LogP contribution in [-0.4, -0.2) is 18.0 Å². The highest BCUT2D eigenvalue weighted by Crippen LogP contribution is 2.32. The van der Waals surface area contributed by atoms with E-state index in [4.69, 9.17) is 0 Å². The fraction of sp³-hybridized carbons (Fsp3) is 0.444. The van der Waals surface area contributed by atoms with Gasteiger partial charge in [0.05, 0.1) is 22.8 Å². The summed E-state index contributed by atoms with van der Waals surface area (Å²) in [7, 11) is 1.52. The van der Waals surface area contributed by atoms with E-state index in [-0.39, 0.29) is 17.5 Å². The number of alkyl halides is 3. The summed E-state index contributed by atoms with van der Waals surface area (Å²) in [6.45, 7) is 6.47. The number of benzene rings is 1. The van der Waals surface area contributed by atoms with Gasteiger partial charge in [-0.2, -0.15) is 13.2 Å². The lowest BCUT2D eigenvalue weighted by molar-refractivity contribution is -0.138. The van der Waals surface area contributed by atoms with Gasteiger partial charge >= 0.3 is 6.18 Å². The first kappa shape index (κ1) is 21.1. The van der Waals surface area contributed by atoms with E-state index >= 15 is 0 Å². The lowest BCUT2D eigenvalue weighted by Gasteiger charge is -2.16. The highest BCUT2D eigenvalue weighted by molar-refractivity contribution is 7.09. The molecule has 0 spiro atoms. The largest absolute Gasteiger partial charge is 0.416 e. The van der Waals surface area contributed by atoms with Gasteiger partial charge < -0.3 is 10.6 Å². The molecule has 2 rings (SSSR count). The molecule has 0 aliphatic heterocycles. The second-order valence-corrected chi connectivity index (χ2v) is 7.83. The van der Waals surface area contributed by atoms with Gasteiger partial charge in [-0.25, -0.2) is 9.37 Å². The standard InChI is InChI=1S/C18H22F4N4S/c1-17(2,3)15-26-13(10-27-15)9-25-16(23-4)24-8-11-5-6-12(19)7-14(11)18(20,21)22/h5-7,10H,8-9H2,1-4H3,(H2,23,24,25). The zero-order chi connectivity index (χ0) is 20.2. The highest BCUT2D eigenvalue weighted by Gasteiger charge is 2.33. The summed E-state index contributed by atoms with van der Waals surface area (Å²) < 4.78 is 52.3. The molecule has 0 fully saturated rings. The van der Waals surface area contributed by atoms with Crippen molar-refractivity contribution in [3.05, 3.63) is 51.2 Å². The molecule has 1 heterocycles. The number of aliphatic imine (C=N–C) groups is 1. The molecule has 148 valence electrons.